The molecule has 5 aromatic rings. The van der Waals surface area contributed by atoms with Crippen LogP contribution in [0.5, 0.6) is 0 Å². The number of aliphatic hydroxyl groups excluding tert-OH is 1. The molecule has 0 aromatic heterocycles. The number of nitrogens with zero attached hydrogens (tertiary/aromatic N) is 2. The first kappa shape index (κ1) is 49.8. The van der Waals surface area contributed by atoms with Gasteiger partial charge in [0.05, 0.1) is 22.8 Å². The first-order chi connectivity index (χ1) is 31.8. The van der Waals surface area contributed by atoms with Crippen LogP contribution in [0.3, 0.4) is 0 Å². The van der Waals surface area contributed by atoms with Crippen molar-refractivity contribution >= 4 is 48.9 Å². The molecule has 2 aliphatic rings. The van der Waals surface area contributed by atoms with Gasteiger partial charge < -0.3 is 15.3 Å². The lowest BCUT2D eigenvalue weighted by molar-refractivity contribution is -0.137. The van der Waals surface area contributed by atoms with Crippen LogP contribution in [0.25, 0.3) is 11.1 Å². The van der Waals surface area contributed by atoms with Gasteiger partial charge in [0, 0.05) is 53.6 Å². The van der Waals surface area contributed by atoms with Gasteiger partial charge in [-0.1, -0.05) is 54.6 Å². The van der Waals surface area contributed by atoms with Crippen LogP contribution in [0.4, 0.5) is 37.7 Å². The molecule has 0 saturated carbocycles. The highest BCUT2D eigenvalue weighted by Gasteiger charge is 2.48. The van der Waals surface area contributed by atoms with Gasteiger partial charge >= 0.3 is 11.7 Å². The Kier molecular flexibility index (Phi) is 15.7. The lowest BCUT2D eigenvalue weighted by Crippen LogP contribution is -2.38. The highest BCUT2D eigenvalue weighted by atomic mass is 32.2. The summed E-state index contributed by atoms with van der Waals surface area (Å²) in [6, 6.07) is 29.8. The minimum Gasteiger partial charge on any atom is -0.395 e. The van der Waals surface area contributed by atoms with E-state index >= 15 is 0 Å². The molecule has 67 heavy (non-hydrogen) atoms. The fraction of sp³-hybridized carbons (Fsp3) is 0.354. The van der Waals surface area contributed by atoms with E-state index in [1.807, 2.05) is 59.3 Å². The molecule has 2 aliphatic heterocycles. The molecule has 0 bridgehead atoms. The van der Waals surface area contributed by atoms with Gasteiger partial charge in [-0.3, -0.25) is 9.69 Å². The van der Waals surface area contributed by atoms with Crippen LogP contribution in [-0.4, -0.2) is 88.9 Å². The number of alkyl halides is 6. The fourth-order valence-electron chi connectivity index (χ4n) is 8.74. The molecule has 10 nitrogen and oxygen atoms in total. The van der Waals surface area contributed by atoms with Crippen LogP contribution in [0, 0.1) is 5.92 Å². The van der Waals surface area contributed by atoms with E-state index in [4.69, 9.17) is 0 Å². The Labute approximate surface area is 390 Å². The largest absolute Gasteiger partial charge is 0.501 e. The van der Waals surface area contributed by atoms with E-state index in [1.54, 1.807) is 12.1 Å². The third-order valence-electron chi connectivity index (χ3n) is 12.2. The molecule has 19 heteroatoms. The molecular formula is C48H50F6N4O6S3. The lowest BCUT2D eigenvalue weighted by Gasteiger charge is -2.34. The van der Waals surface area contributed by atoms with Crippen LogP contribution in [0.2, 0.25) is 0 Å². The number of rotatable bonds is 17. The molecule has 2 saturated heterocycles. The fourth-order valence-corrected chi connectivity index (χ4v) is 11.7. The topological polar surface area (TPSA) is 136 Å². The van der Waals surface area contributed by atoms with Crippen molar-refractivity contribution in [1.82, 2.24) is 9.62 Å². The first-order valence-electron chi connectivity index (χ1n) is 21.7. The molecule has 2 fully saturated rings. The molecule has 7 rings (SSSR count). The average molecular weight is 989 g/mol. The van der Waals surface area contributed by atoms with Gasteiger partial charge in [-0.25, -0.2) is 21.6 Å². The van der Waals surface area contributed by atoms with Crippen molar-refractivity contribution in [2.45, 2.75) is 77.0 Å². The van der Waals surface area contributed by atoms with Crippen LogP contribution in [0.1, 0.15) is 53.6 Å². The highest BCUT2D eigenvalue weighted by Crippen LogP contribution is 2.38. The number of hydrogen-bond acceptors (Lipinski definition) is 10. The maximum atomic E-state index is 14.2. The summed E-state index contributed by atoms with van der Waals surface area (Å²) in [6.45, 7) is 2.36. The quantitative estimate of drug-likeness (QED) is 0.0611. The summed E-state index contributed by atoms with van der Waals surface area (Å²) in [4.78, 5) is 16.2. The number of anilines is 2. The zero-order valence-electron chi connectivity index (χ0n) is 36.1. The number of piperidine rings is 1. The second kappa shape index (κ2) is 21.1. The molecule has 0 spiro atoms. The number of amides is 1. The molecule has 0 aliphatic carbocycles. The summed E-state index contributed by atoms with van der Waals surface area (Å²) < 4.78 is 137. The number of aliphatic hydroxyl groups is 1. The standard InChI is InChI=1S/C48H50F6N4O6S3/c49-47(50,51)37-16-12-34(13-17-37)43-11-5-4-7-36(43)29-33-22-25-58(26-23-33)39-18-14-35(15-19-39)46(60)56-67(63,64)42-20-21-44(45(31-42)66(61,62)48(52,53)54)55-38(32-65-41-9-2-1-3-10-41)30-40-8-6-24-57(40)27-28-59/h1-5,7,9-21,31,33,38,40,55,59H,6,8,22-30,32H2,(H,56,60)/t38-,40+/m1/s1. The zero-order chi connectivity index (χ0) is 48.0. The first-order valence-corrected chi connectivity index (χ1v) is 25.7. The number of hydrogen-bond donors (Lipinski definition) is 3. The van der Waals surface area contributed by atoms with Gasteiger partial charge in [0.1, 0.15) is 4.90 Å². The molecule has 2 atom stereocenters. The van der Waals surface area contributed by atoms with E-state index in [1.165, 1.54) is 36.0 Å². The van der Waals surface area contributed by atoms with Crippen molar-refractivity contribution in [1.29, 1.82) is 0 Å². The SMILES string of the molecule is O=C(NS(=O)(=O)c1ccc(N[C@@H](CSc2ccccc2)C[C@@H]2CCCN2CCO)c(S(=O)(=O)C(F)(F)F)c1)c1ccc(N2CCC(Cc3ccccc3-c3ccc(C(F)(F)F)cc3)CC2)cc1. The Hall–Kier alpha value is -5.08. The molecular weight excluding hydrogens is 939 g/mol. The number of halogens is 6. The predicted molar refractivity (Wildman–Crippen MR) is 247 cm³/mol. The molecule has 1 amide bonds. The number of benzene rings is 5. The molecule has 358 valence electrons. The minimum atomic E-state index is -6.11. The van der Waals surface area contributed by atoms with Crippen molar-refractivity contribution in [3.8, 4) is 11.1 Å². The third-order valence-corrected chi connectivity index (χ3v) is 16.3. The number of sulfone groups is 1. The predicted octanol–water partition coefficient (Wildman–Crippen LogP) is 9.66. The Morgan fingerprint density at radius 2 is 1.46 bits per heavy atom. The highest BCUT2D eigenvalue weighted by molar-refractivity contribution is 7.99. The van der Waals surface area contributed by atoms with Crippen LogP contribution in [-0.2, 0) is 32.5 Å². The van der Waals surface area contributed by atoms with Crippen LogP contribution < -0.4 is 14.9 Å². The summed E-state index contributed by atoms with van der Waals surface area (Å²) >= 11 is 1.41. The van der Waals surface area contributed by atoms with E-state index in [0.717, 1.165) is 84.6 Å². The Morgan fingerprint density at radius 1 is 0.791 bits per heavy atom. The van der Waals surface area contributed by atoms with Crippen molar-refractivity contribution in [3.63, 3.8) is 0 Å². The lowest BCUT2D eigenvalue weighted by atomic mass is 9.86. The number of β-amino-alcohol motifs (C(OH)–C–C–N with tert-alkyl or cyclic N) is 1. The van der Waals surface area contributed by atoms with E-state index in [2.05, 4.69) is 15.1 Å². The van der Waals surface area contributed by atoms with E-state index in [0.29, 0.717) is 49.4 Å². The Bertz CT molecular complexity index is 2700. The van der Waals surface area contributed by atoms with E-state index in [-0.39, 0.29) is 18.2 Å². The van der Waals surface area contributed by atoms with Gasteiger partial charge in [-0.15, -0.1) is 11.8 Å². The second-order valence-corrected chi connectivity index (χ2v) is 21.4. The maximum Gasteiger partial charge on any atom is 0.501 e. The normalized spacial score (nSPS) is 17.1. The second-order valence-electron chi connectivity index (χ2n) is 16.7. The number of nitrogens with one attached hydrogen (secondary N) is 2. The van der Waals surface area contributed by atoms with Crippen LogP contribution in [0.15, 0.2) is 136 Å². The maximum absolute atomic E-state index is 14.2. The van der Waals surface area contributed by atoms with Crippen molar-refractivity contribution < 1.29 is 53.1 Å². The van der Waals surface area contributed by atoms with Gasteiger partial charge in [0.15, 0.2) is 0 Å². The molecule has 0 radical (unpaired) electrons. The monoisotopic (exact) mass is 988 g/mol. The van der Waals surface area contributed by atoms with Crippen molar-refractivity contribution in [2.24, 2.45) is 5.92 Å². The third kappa shape index (κ3) is 12.3. The Balaban J connectivity index is 1.02. The summed E-state index contributed by atoms with van der Waals surface area (Å²) in [5, 5.41) is 12.6. The average Bonchev–Trinajstić information content (AvgIpc) is 3.74. The van der Waals surface area contributed by atoms with Gasteiger partial charge in [0.2, 0.25) is 0 Å². The minimum absolute atomic E-state index is 0.0490. The zero-order valence-corrected chi connectivity index (χ0v) is 38.6. The smallest absolute Gasteiger partial charge is 0.395 e. The molecule has 3 N–H and O–H groups in total. The van der Waals surface area contributed by atoms with Gasteiger partial charge in [-0.2, -0.15) is 26.3 Å². The molecule has 0 unspecified atom stereocenters. The summed E-state index contributed by atoms with van der Waals surface area (Å²) in [7, 11) is -11.0. The molecule has 2 heterocycles. The number of carbonyl (C=O) groups is 1. The molecule has 5 aromatic carbocycles. The van der Waals surface area contributed by atoms with E-state index in [9.17, 15) is 53.1 Å². The van der Waals surface area contributed by atoms with Crippen molar-refractivity contribution in [2.75, 3.05) is 48.8 Å². The number of likely N-dealkylation sites (tertiary alicyclic amines) is 1. The van der Waals surface area contributed by atoms with Gasteiger partial charge in [0.25, 0.3) is 25.8 Å². The number of sulfonamides is 1. The summed E-state index contributed by atoms with van der Waals surface area (Å²) in [6.07, 6.45) is -0.0933. The number of thioether (sulfide) groups is 1. The van der Waals surface area contributed by atoms with E-state index < -0.39 is 64.5 Å². The van der Waals surface area contributed by atoms with Crippen molar-refractivity contribution in [3.05, 3.63) is 138 Å². The number of carbonyl (C=O) groups excluding carboxylic acids is 1. The summed E-state index contributed by atoms with van der Waals surface area (Å²) in [5.74, 6) is -0.474. The van der Waals surface area contributed by atoms with Crippen LogP contribution >= 0.6 is 11.8 Å². The van der Waals surface area contributed by atoms with Gasteiger partial charge in [-0.05, 0) is 134 Å². The summed E-state index contributed by atoms with van der Waals surface area (Å²) in [5.41, 5.74) is -3.65. The Morgan fingerprint density at radius 3 is 2.12 bits per heavy atom.